The van der Waals surface area contributed by atoms with E-state index in [0.717, 1.165) is 44.2 Å². The number of piperazine rings is 1. The van der Waals surface area contributed by atoms with Crippen LogP contribution in [-0.2, 0) is 21.5 Å². The number of rotatable bonds is 4. The van der Waals surface area contributed by atoms with Crippen LogP contribution < -0.4 is 0 Å². The van der Waals surface area contributed by atoms with Gasteiger partial charge in [0.2, 0.25) is 5.91 Å². The van der Waals surface area contributed by atoms with Crippen molar-refractivity contribution in [2.24, 2.45) is 0 Å². The number of para-hydroxylation sites is 2. The lowest BCUT2D eigenvalue weighted by atomic mass is 9.76. The van der Waals surface area contributed by atoms with E-state index in [1.54, 1.807) is 9.80 Å². The molecule has 0 radical (unpaired) electrons. The predicted octanol–water partition coefficient (Wildman–Crippen LogP) is 5.58. The third-order valence-electron chi connectivity index (χ3n) is 8.42. The molecular formula is C31H27ClN4O2. The van der Waals surface area contributed by atoms with E-state index >= 15 is 0 Å². The molecule has 2 unspecified atom stereocenters. The zero-order valence-corrected chi connectivity index (χ0v) is 21.8. The molecule has 2 aliphatic rings. The van der Waals surface area contributed by atoms with Crippen molar-refractivity contribution in [1.82, 2.24) is 19.8 Å². The number of H-pyrrole nitrogens is 2. The van der Waals surface area contributed by atoms with Crippen LogP contribution >= 0.6 is 11.6 Å². The molecule has 0 saturated carbocycles. The quantitative estimate of drug-likeness (QED) is 0.323. The van der Waals surface area contributed by atoms with Gasteiger partial charge in [-0.3, -0.25) is 9.59 Å². The Bertz CT molecular complexity index is 1740. The molecule has 1 fully saturated rings. The number of hydrogen-bond donors (Lipinski definition) is 2. The summed E-state index contributed by atoms with van der Waals surface area (Å²) in [6, 6.07) is 24.0. The summed E-state index contributed by atoms with van der Waals surface area (Å²) in [4.78, 5) is 38.4. The van der Waals surface area contributed by atoms with Crippen LogP contribution in [0.3, 0.4) is 0 Å². The van der Waals surface area contributed by atoms with Crippen molar-refractivity contribution >= 4 is 45.2 Å². The van der Waals surface area contributed by atoms with Crippen LogP contribution in [0.4, 0.5) is 0 Å². The summed E-state index contributed by atoms with van der Waals surface area (Å²) in [6.45, 7) is 2.83. The zero-order valence-electron chi connectivity index (χ0n) is 21.0. The highest BCUT2D eigenvalue weighted by atomic mass is 35.5. The van der Waals surface area contributed by atoms with E-state index in [0.29, 0.717) is 24.5 Å². The molecule has 0 aliphatic carbocycles. The highest BCUT2D eigenvalue weighted by Gasteiger charge is 2.56. The van der Waals surface area contributed by atoms with Gasteiger partial charge in [-0.2, -0.15) is 0 Å². The molecule has 6 nitrogen and oxygen atoms in total. The number of aromatic nitrogens is 2. The minimum Gasteiger partial charge on any atom is -0.361 e. The van der Waals surface area contributed by atoms with Gasteiger partial charge in [0, 0.05) is 52.0 Å². The Morgan fingerprint density at radius 3 is 2.47 bits per heavy atom. The van der Waals surface area contributed by atoms with E-state index in [4.69, 9.17) is 11.6 Å². The highest BCUT2D eigenvalue weighted by molar-refractivity contribution is 6.31. The summed E-state index contributed by atoms with van der Waals surface area (Å²) in [5, 5.41) is 2.87. The van der Waals surface area contributed by atoms with Gasteiger partial charge in [-0.25, -0.2) is 0 Å². The van der Waals surface area contributed by atoms with E-state index in [9.17, 15) is 9.59 Å². The number of fused-ring (bicyclic) bond motifs is 6. The predicted molar refractivity (Wildman–Crippen MR) is 149 cm³/mol. The Labute approximate surface area is 225 Å². The zero-order chi connectivity index (χ0) is 26.0. The van der Waals surface area contributed by atoms with Crippen LogP contribution in [0.1, 0.15) is 35.2 Å². The average Bonchev–Trinajstić information content (AvgIpc) is 3.53. The third-order valence-corrected chi connectivity index (χ3v) is 8.77. The molecule has 7 heteroatoms. The summed E-state index contributed by atoms with van der Waals surface area (Å²) in [5.41, 5.74) is 4.83. The second kappa shape index (κ2) is 8.50. The van der Waals surface area contributed by atoms with Gasteiger partial charge in [0.05, 0.1) is 12.2 Å². The molecular weight excluding hydrogens is 496 g/mol. The van der Waals surface area contributed by atoms with Gasteiger partial charge >= 0.3 is 0 Å². The first kappa shape index (κ1) is 23.1. The lowest BCUT2D eigenvalue weighted by Crippen LogP contribution is -2.67. The molecule has 7 rings (SSSR count). The van der Waals surface area contributed by atoms with E-state index in [2.05, 4.69) is 22.1 Å². The van der Waals surface area contributed by atoms with Crippen molar-refractivity contribution in [2.45, 2.75) is 24.8 Å². The van der Waals surface area contributed by atoms with Crippen molar-refractivity contribution in [3.63, 3.8) is 0 Å². The van der Waals surface area contributed by atoms with Crippen LogP contribution in [-0.4, -0.2) is 51.2 Å². The molecule has 2 amide bonds. The van der Waals surface area contributed by atoms with Gasteiger partial charge in [0.15, 0.2) is 5.54 Å². The number of benzene rings is 3. The largest absolute Gasteiger partial charge is 0.361 e. The Morgan fingerprint density at radius 2 is 1.66 bits per heavy atom. The fourth-order valence-corrected chi connectivity index (χ4v) is 6.76. The third kappa shape index (κ3) is 3.26. The number of aromatic amines is 2. The Balaban J connectivity index is 1.31. The minimum absolute atomic E-state index is 0.0487. The lowest BCUT2D eigenvalue weighted by Gasteiger charge is -2.51. The van der Waals surface area contributed by atoms with Crippen molar-refractivity contribution in [2.75, 3.05) is 19.6 Å². The van der Waals surface area contributed by atoms with Crippen LogP contribution in [0.15, 0.2) is 79.0 Å². The molecule has 190 valence electrons. The monoisotopic (exact) mass is 522 g/mol. The van der Waals surface area contributed by atoms with Gasteiger partial charge in [0.25, 0.3) is 5.91 Å². The van der Waals surface area contributed by atoms with Crippen molar-refractivity contribution in [3.8, 4) is 0 Å². The molecule has 5 aromatic rings. The highest BCUT2D eigenvalue weighted by Crippen LogP contribution is 2.49. The van der Waals surface area contributed by atoms with Crippen LogP contribution in [0.5, 0.6) is 0 Å². The first-order chi connectivity index (χ1) is 18.5. The molecule has 2 N–H and O–H groups in total. The van der Waals surface area contributed by atoms with Gasteiger partial charge < -0.3 is 19.8 Å². The number of carbonyl (C=O) groups excluding carboxylic acids is 2. The van der Waals surface area contributed by atoms with Crippen molar-refractivity contribution in [3.05, 3.63) is 106 Å². The molecule has 0 spiro atoms. The molecule has 0 bridgehead atoms. The summed E-state index contributed by atoms with van der Waals surface area (Å²) >= 11 is 6.68. The second-order valence-electron chi connectivity index (χ2n) is 10.4. The Morgan fingerprint density at radius 1 is 0.947 bits per heavy atom. The molecule has 2 aromatic heterocycles. The summed E-state index contributed by atoms with van der Waals surface area (Å²) < 4.78 is 0. The number of nitrogens with one attached hydrogen (secondary N) is 2. The topological polar surface area (TPSA) is 72.2 Å². The SMILES string of the molecule is CC12C(=O)N(CCc3c[nH]c4ccccc34)CC(=O)N1CC(c1ccccc1Cl)c1c2[nH]c2ccccc12. The number of hydrogen-bond acceptors (Lipinski definition) is 2. The van der Waals surface area contributed by atoms with Crippen LogP contribution in [0.25, 0.3) is 21.8 Å². The van der Waals surface area contributed by atoms with Crippen molar-refractivity contribution < 1.29 is 9.59 Å². The fourth-order valence-electron chi connectivity index (χ4n) is 6.49. The first-order valence-electron chi connectivity index (χ1n) is 13.0. The fraction of sp³-hybridized carbons (Fsp3) is 0.226. The number of nitrogens with zero attached hydrogens (tertiary/aromatic N) is 2. The standard InChI is InChI=1S/C31H27ClN4O2/c1-31-29-28(22-10-4-7-13-26(22)34-29)23(21-9-2-5-11-24(21)32)17-36(31)27(37)18-35(30(31)38)15-14-19-16-33-25-12-6-3-8-20(19)25/h2-13,16,23,33-34H,14-15,17-18H2,1H3. The second-order valence-corrected chi connectivity index (χ2v) is 10.9. The van der Waals surface area contributed by atoms with E-state index in [-0.39, 0.29) is 24.3 Å². The summed E-state index contributed by atoms with van der Waals surface area (Å²) in [5.74, 6) is -0.243. The molecule has 2 aliphatic heterocycles. The van der Waals surface area contributed by atoms with E-state index < -0.39 is 5.54 Å². The maximum Gasteiger partial charge on any atom is 0.254 e. The van der Waals surface area contributed by atoms with Gasteiger partial charge in [-0.1, -0.05) is 66.2 Å². The van der Waals surface area contributed by atoms with Gasteiger partial charge in [-0.05, 0) is 48.2 Å². The van der Waals surface area contributed by atoms with Crippen LogP contribution in [0, 0.1) is 0 Å². The number of amides is 2. The van der Waals surface area contributed by atoms with E-state index in [1.807, 2.05) is 73.8 Å². The normalized spacial score (nSPS) is 21.3. The summed E-state index contributed by atoms with van der Waals surface area (Å²) in [7, 11) is 0. The first-order valence-corrected chi connectivity index (χ1v) is 13.3. The van der Waals surface area contributed by atoms with E-state index in [1.165, 1.54) is 0 Å². The molecule has 1 saturated heterocycles. The maximum absolute atomic E-state index is 14.3. The smallest absolute Gasteiger partial charge is 0.254 e. The summed E-state index contributed by atoms with van der Waals surface area (Å²) in [6.07, 6.45) is 2.67. The van der Waals surface area contributed by atoms with Gasteiger partial charge in [0.1, 0.15) is 0 Å². The lowest BCUT2D eigenvalue weighted by molar-refractivity contribution is -0.166. The minimum atomic E-state index is -1.12. The maximum atomic E-state index is 14.3. The number of carbonyl (C=O) groups is 2. The van der Waals surface area contributed by atoms with Crippen LogP contribution in [0.2, 0.25) is 5.02 Å². The molecule has 4 heterocycles. The van der Waals surface area contributed by atoms with Crippen molar-refractivity contribution in [1.29, 1.82) is 0 Å². The molecule has 3 aromatic carbocycles. The Kier molecular flexibility index (Phi) is 5.17. The average molecular weight is 523 g/mol. The van der Waals surface area contributed by atoms with Gasteiger partial charge in [-0.15, -0.1) is 0 Å². The molecule has 38 heavy (non-hydrogen) atoms. The number of halogens is 1. The Hall–Kier alpha value is -4.03. The molecule has 2 atom stereocenters.